The van der Waals surface area contributed by atoms with Gasteiger partial charge in [-0.3, -0.25) is 5.32 Å². The number of carbonyl (C=O) groups is 2. The van der Waals surface area contributed by atoms with Crippen LogP contribution in [0.15, 0.2) is 18.2 Å². The van der Waals surface area contributed by atoms with Gasteiger partial charge in [-0.15, -0.1) is 0 Å². The summed E-state index contributed by atoms with van der Waals surface area (Å²) in [4.78, 5) is 27.2. The Balaban J connectivity index is 2.21. The number of carbonyl (C=O) groups excluding carboxylic acids is 2. The first kappa shape index (κ1) is 14.3. The van der Waals surface area contributed by atoms with Crippen LogP contribution in [-0.4, -0.2) is 30.3 Å². The molecule has 0 spiro atoms. The van der Waals surface area contributed by atoms with Crippen LogP contribution in [0.25, 0.3) is 10.2 Å². The second-order valence-corrected chi connectivity index (χ2v) is 4.80. The lowest BCUT2D eigenvalue weighted by Crippen LogP contribution is -2.12. The van der Waals surface area contributed by atoms with Gasteiger partial charge in [-0.25, -0.2) is 14.6 Å². The third-order valence-electron chi connectivity index (χ3n) is 2.38. The Morgan fingerprint density at radius 2 is 2.00 bits per heavy atom. The van der Waals surface area contributed by atoms with E-state index in [1.807, 2.05) is 0 Å². The monoisotopic (exact) mass is 294 g/mol. The number of nitrogens with one attached hydrogen (secondary N) is 1. The molecule has 7 heteroatoms. The van der Waals surface area contributed by atoms with Gasteiger partial charge in [0.15, 0.2) is 5.13 Å². The summed E-state index contributed by atoms with van der Waals surface area (Å²) in [7, 11) is 0. The van der Waals surface area contributed by atoms with E-state index in [4.69, 9.17) is 9.47 Å². The third-order valence-corrected chi connectivity index (χ3v) is 3.32. The number of rotatable bonds is 4. The van der Waals surface area contributed by atoms with Crippen molar-refractivity contribution in [2.75, 3.05) is 18.5 Å². The van der Waals surface area contributed by atoms with Crippen molar-refractivity contribution < 1.29 is 19.1 Å². The van der Waals surface area contributed by atoms with Crippen LogP contribution >= 0.6 is 11.3 Å². The number of nitrogens with zero attached hydrogens (tertiary/aromatic N) is 1. The van der Waals surface area contributed by atoms with Crippen LogP contribution in [0.1, 0.15) is 24.2 Å². The highest BCUT2D eigenvalue weighted by molar-refractivity contribution is 7.22. The molecule has 0 saturated carbocycles. The molecule has 1 N–H and O–H groups in total. The molecule has 6 nitrogen and oxygen atoms in total. The number of hydrogen-bond acceptors (Lipinski definition) is 6. The molecular weight excluding hydrogens is 280 g/mol. The Bertz CT molecular complexity index is 638. The topological polar surface area (TPSA) is 77.5 Å². The quantitative estimate of drug-likeness (QED) is 0.877. The van der Waals surface area contributed by atoms with E-state index in [0.29, 0.717) is 29.4 Å². The van der Waals surface area contributed by atoms with Crippen molar-refractivity contribution in [2.45, 2.75) is 13.8 Å². The second-order valence-electron chi connectivity index (χ2n) is 3.77. The minimum absolute atomic E-state index is 0.295. The molecule has 2 rings (SSSR count). The Morgan fingerprint density at radius 1 is 1.25 bits per heavy atom. The molecule has 0 aliphatic heterocycles. The average molecular weight is 294 g/mol. The molecule has 106 valence electrons. The Labute approximate surface area is 119 Å². The summed E-state index contributed by atoms with van der Waals surface area (Å²) in [6.45, 7) is 4.10. The maximum Gasteiger partial charge on any atom is 0.413 e. The van der Waals surface area contributed by atoms with Crippen molar-refractivity contribution in [3.05, 3.63) is 23.8 Å². The number of anilines is 1. The molecule has 1 amide bonds. The zero-order valence-corrected chi connectivity index (χ0v) is 12.0. The molecule has 0 saturated heterocycles. The van der Waals surface area contributed by atoms with E-state index in [9.17, 15) is 9.59 Å². The predicted octanol–water partition coefficient (Wildman–Crippen LogP) is 3.04. The van der Waals surface area contributed by atoms with Crippen molar-refractivity contribution in [3.8, 4) is 0 Å². The number of fused-ring (bicyclic) bond motifs is 1. The number of benzene rings is 1. The van der Waals surface area contributed by atoms with Crippen molar-refractivity contribution in [2.24, 2.45) is 0 Å². The van der Waals surface area contributed by atoms with Crippen molar-refractivity contribution in [1.82, 2.24) is 4.98 Å². The molecule has 20 heavy (non-hydrogen) atoms. The number of esters is 1. The first-order valence-corrected chi connectivity index (χ1v) is 6.97. The van der Waals surface area contributed by atoms with Crippen molar-refractivity contribution in [1.29, 1.82) is 0 Å². The van der Waals surface area contributed by atoms with Gasteiger partial charge in [0.2, 0.25) is 0 Å². The molecule has 0 radical (unpaired) electrons. The molecule has 0 aliphatic rings. The number of thiazole rings is 1. The van der Waals surface area contributed by atoms with E-state index in [0.717, 1.165) is 4.70 Å². The average Bonchev–Trinajstić information content (AvgIpc) is 2.80. The Hall–Kier alpha value is -2.15. The van der Waals surface area contributed by atoms with Gasteiger partial charge in [-0.1, -0.05) is 11.3 Å². The molecule has 0 aliphatic carbocycles. The number of hydrogen-bond donors (Lipinski definition) is 1. The van der Waals surface area contributed by atoms with Crippen molar-refractivity contribution >= 4 is 38.7 Å². The van der Waals surface area contributed by atoms with Gasteiger partial charge < -0.3 is 9.47 Å². The molecule has 0 fully saturated rings. The van der Waals surface area contributed by atoms with E-state index in [1.54, 1.807) is 32.0 Å². The fraction of sp³-hybridized carbons (Fsp3) is 0.308. The van der Waals surface area contributed by atoms with Crippen LogP contribution in [0.5, 0.6) is 0 Å². The molecular formula is C13H14N2O4S. The number of aromatic nitrogens is 1. The van der Waals surface area contributed by atoms with Gasteiger partial charge >= 0.3 is 12.1 Å². The summed E-state index contributed by atoms with van der Waals surface area (Å²) in [6, 6.07) is 5.06. The van der Waals surface area contributed by atoms with E-state index in [2.05, 4.69) is 10.3 Å². The molecule has 0 unspecified atom stereocenters. The molecule has 1 heterocycles. The second kappa shape index (κ2) is 6.33. The lowest BCUT2D eigenvalue weighted by molar-refractivity contribution is 0.0526. The van der Waals surface area contributed by atoms with E-state index >= 15 is 0 Å². The predicted molar refractivity (Wildman–Crippen MR) is 76.2 cm³/mol. The summed E-state index contributed by atoms with van der Waals surface area (Å²) in [6.07, 6.45) is -0.544. The van der Waals surface area contributed by atoms with Crippen LogP contribution in [0.2, 0.25) is 0 Å². The Morgan fingerprint density at radius 3 is 2.70 bits per heavy atom. The van der Waals surface area contributed by atoms with E-state index in [1.165, 1.54) is 11.3 Å². The normalized spacial score (nSPS) is 10.3. The van der Waals surface area contributed by atoms with Crippen LogP contribution < -0.4 is 5.32 Å². The van der Waals surface area contributed by atoms with Crippen LogP contribution in [0, 0.1) is 0 Å². The summed E-state index contributed by atoms with van der Waals surface area (Å²) >= 11 is 1.27. The lowest BCUT2D eigenvalue weighted by Gasteiger charge is -2.00. The van der Waals surface area contributed by atoms with Crippen LogP contribution in [-0.2, 0) is 9.47 Å². The fourth-order valence-corrected chi connectivity index (χ4v) is 2.46. The smallest absolute Gasteiger partial charge is 0.413 e. The number of amides is 1. The molecule has 0 bridgehead atoms. The first-order valence-electron chi connectivity index (χ1n) is 6.15. The van der Waals surface area contributed by atoms with Gasteiger partial charge in [-0.2, -0.15) is 0 Å². The minimum atomic E-state index is -0.544. The highest BCUT2D eigenvalue weighted by Crippen LogP contribution is 2.27. The SMILES string of the molecule is CCOC(=O)Nc1nc2ccc(C(=O)OCC)cc2s1. The molecule has 1 aromatic heterocycles. The largest absolute Gasteiger partial charge is 0.462 e. The summed E-state index contributed by atoms with van der Waals surface area (Å²) in [5.74, 6) is -0.372. The zero-order chi connectivity index (χ0) is 14.5. The fourth-order valence-electron chi connectivity index (χ4n) is 1.57. The van der Waals surface area contributed by atoms with Crippen molar-refractivity contribution in [3.63, 3.8) is 0 Å². The molecule has 0 atom stereocenters. The van der Waals surface area contributed by atoms with Gasteiger partial charge in [0.1, 0.15) is 0 Å². The Kier molecular flexibility index (Phi) is 4.52. The van der Waals surface area contributed by atoms with Gasteiger partial charge in [0.05, 0.1) is 29.0 Å². The van der Waals surface area contributed by atoms with Crippen LogP contribution in [0.3, 0.4) is 0 Å². The highest BCUT2D eigenvalue weighted by Gasteiger charge is 2.11. The number of ether oxygens (including phenoxy) is 2. The standard InChI is InChI=1S/C13H14N2O4S/c1-3-18-11(16)8-5-6-9-10(7-8)20-12(14-9)15-13(17)19-4-2/h5-7H,3-4H2,1-2H3,(H,14,15,17). The van der Waals surface area contributed by atoms with Gasteiger partial charge in [0, 0.05) is 0 Å². The maximum absolute atomic E-state index is 11.6. The summed E-state index contributed by atoms with van der Waals surface area (Å²) < 4.78 is 10.5. The highest BCUT2D eigenvalue weighted by atomic mass is 32.1. The van der Waals surface area contributed by atoms with Gasteiger partial charge in [-0.05, 0) is 32.0 Å². The van der Waals surface area contributed by atoms with Gasteiger partial charge in [0.25, 0.3) is 0 Å². The van der Waals surface area contributed by atoms with E-state index in [-0.39, 0.29) is 5.97 Å². The minimum Gasteiger partial charge on any atom is -0.462 e. The molecule has 2 aromatic rings. The molecule has 1 aromatic carbocycles. The third kappa shape index (κ3) is 3.24. The van der Waals surface area contributed by atoms with Crippen LogP contribution in [0.4, 0.5) is 9.93 Å². The summed E-state index contributed by atoms with van der Waals surface area (Å²) in [5.41, 5.74) is 1.17. The lowest BCUT2D eigenvalue weighted by atomic mass is 10.2. The summed E-state index contributed by atoms with van der Waals surface area (Å²) in [5, 5.41) is 2.97. The van der Waals surface area contributed by atoms with E-state index < -0.39 is 6.09 Å². The first-order chi connectivity index (χ1) is 9.63. The zero-order valence-electron chi connectivity index (χ0n) is 11.1. The maximum atomic E-state index is 11.6.